The van der Waals surface area contributed by atoms with Crippen molar-refractivity contribution in [2.45, 2.75) is 40.0 Å². The van der Waals surface area contributed by atoms with Gasteiger partial charge in [-0.25, -0.2) is 0 Å². The van der Waals surface area contributed by atoms with Crippen LogP contribution in [0.5, 0.6) is 0 Å². The summed E-state index contributed by atoms with van der Waals surface area (Å²) in [7, 11) is 1.80. The first kappa shape index (κ1) is 18.5. The van der Waals surface area contributed by atoms with E-state index in [4.69, 9.17) is 11.6 Å². The summed E-state index contributed by atoms with van der Waals surface area (Å²) in [5.41, 5.74) is 1.69. The van der Waals surface area contributed by atoms with Crippen molar-refractivity contribution >= 4 is 29.1 Å². The number of carbonyl (C=O) groups excluding carboxylic acids is 2. The van der Waals surface area contributed by atoms with Crippen LogP contribution in [0.25, 0.3) is 0 Å². The maximum absolute atomic E-state index is 12.1. The van der Waals surface area contributed by atoms with Crippen molar-refractivity contribution < 1.29 is 9.59 Å². The van der Waals surface area contributed by atoms with Crippen LogP contribution in [0.4, 0.5) is 5.69 Å². The Bertz CT molecular complexity index is 531. The molecule has 22 heavy (non-hydrogen) atoms. The van der Waals surface area contributed by atoms with E-state index in [1.165, 1.54) is 6.92 Å². The Labute approximate surface area is 138 Å². The van der Waals surface area contributed by atoms with Crippen LogP contribution in [-0.4, -0.2) is 36.9 Å². The van der Waals surface area contributed by atoms with Crippen LogP contribution in [-0.2, 0) is 9.59 Å². The van der Waals surface area contributed by atoms with Gasteiger partial charge in [-0.2, -0.15) is 0 Å². The molecule has 5 heteroatoms. The largest absolute Gasteiger partial charge is 0.346 e. The lowest BCUT2D eigenvalue weighted by Gasteiger charge is -2.23. The molecule has 122 valence electrons. The van der Waals surface area contributed by atoms with Gasteiger partial charge in [0.15, 0.2) is 0 Å². The Balaban J connectivity index is 2.71. The van der Waals surface area contributed by atoms with Crippen LogP contribution in [0.15, 0.2) is 18.2 Å². The number of unbranched alkanes of at least 4 members (excludes halogenated alkanes) is 1. The lowest BCUT2D eigenvalue weighted by molar-refractivity contribution is -0.129. The van der Waals surface area contributed by atoms with Gasteiger partial charge in [-0.1, -0.05) is 31.0 Å². The lowest BCUT2D eigenvalue weighted by Crippen LogP contribution is -2.35. The minimum Gasteiger partial charge on any atom is -0.346 e. The molecular formula is C17H25ClN2O2. The first-order valence-corrected chi connectivity index (χ1v) is 8.02. The van der Waals surface area contributed by atoms with E-state index in [1.807, 2.05) is 19.1 Å². The Morgan fingerprint density at radius 3 is 2.45 bits per heavy atom. The van der Waals surface area contributed by atoms with E-state index in [-0.39, 0.29) is 11.8 Å². The summed E-state index contributed by atoms with van der Waals surface area (Å²) in [6.45, 7) is 6.63. The lowest BCUT2D eigenvalue weighted by atomic mass is 10.2. The maximum Gasteiger partial charge on any atom is 0.224 e. The van der Waals surface area contributed by atoms with Crippen molar-refractivity contribution in [3.05, 3.63) is 28.8 Å². The normalized spacial score (nSPS) is 10.4. The minimum atomic E-state index is -0.0936. The molecule has 1 rings (SSSR count). The van der Waals surface area contributed by atoms with E-state index in [0.717, 1.165) is 30.6 Å². The zero-order chi connectivity index (χ0) is 16.7. The summed E-state index contributed by atoms with van der Waals surface area (Å²) in [6, 6.07) is 5.50. The van der Waals surface area contributed by atoms with Crippen LogP contribution in [0.1, 0.15) is 38.7 Å². The van der Waals surface area contributed by atoms with E-state index in [1.54, 1.807) is 22.9 Å². The molecule has 0 aliphatic rings. The number of carbonyl (C=O) groups is 2. The van der Waals surface area contributed by atoms with E-state index >= 15 is 0 Å². The van der Waals surface area contributed by atoms with Gasteiger partial charge in [-0.05, 0) is 31.0 Å². The van der Waals surface area contributed by atoms with Crippen molar-refractivity contribution in [2.75, 3.05) is 25.0 Å². The predicted molar refractivity (Wildman–Crippen MR) is 91.4 cm³/mol. The summed E-state index contributed by atoms with van der Waals surface area (Å²) in [5, 5.41) is 0.621. The van der Waals surface area contributed by atoms with Gasteiger partial charge in [0.25, 0.3) is 0 Å². The summed E-state index contributed by atoms with van der Waals surface area (Å²) < 4.78 is 0. The van der Waals surface area contributed by atoms with Crippen molar-refractivity contribution in [2.24, 2.45) is 0 Å². The fourth-order valence-electron chi connectivity index (χ4n) is 2.14. The maximum atomic E-state index is 12.1. The average molecular weight is 325 g/mol. The monoisotopic (exact) mass is 324 g/mol. The van der Waals surface area contributed by atoms with Crippen LogP contribution >= 0.6 is 11.6 Å². The number of benzene rings is 1. The SMILES string of the molecule is CCCCN(C)C(=O)CCN(C(C)=O)c1ccc(C)c(Cl)c1. The number of aryl methyl sites for hydroxylation is 1. The van der Waals surface area contributed by atoms with Gasteiger partial charge in [-0.3, -0.25) is 9.59 Å². The number of nitrogens with zero attached hydrogens (tertiary/aromatic N) is 2. The number of halogens is 1. The highest BCUT2D eigenvalue weighted by Crippen LogP contribution is 2.23. The van der Waals surface area contributed by atoms with Crippen LogP contribution in [0, 0.1) is 6.92 Å². The second-order valence-corrected chi connectivity index (χ2v) is 5.93. The topological polar surface area (TPSA) is 40.6 Å². The van der Waals surface area contributed by atoms with Crippen molar-refractivity contribution in [3.63, 3.8) is 0 Å². The molecule has 1 aromatic carbocycles. The van der Waals surface area contributed by atoms with Crippen LogP contribution < -0.4 is 4.90 Å². The summed E-state index contributed by atoms with van der Waals surface area (Å²) in [6.07, 6.45) is 2.36. The van der Waals surface area contributed by atoms with Crippen molar-refractivity contribution in [1.82, 2.24) is 4.90 Å². The van der Waals surface area contributed by atoms with E-state index in [2.05, 4.69) is 6.92 Å². The Morgan fingerprint density at radius 2 is 1.91 bits per heavy atom. The molecule has 0 spiro atoms. The van der Waals surface area contributed by atoms with Gasteiger partial charge in [0.1, 0.15) is 0 Å². The van der Waals surface area contributed by atoms with Gasteiger partial charge in [-0.15, -0.1) is 0 Å². The predicted octanol–water partition coefficient (Wildman–Crippen LogP) is 3.65. The average Bonchev–Trinajstić information content (AvgIpc) is 2.47. The Hall–Kier alpha value is -1.55. The molecule has 2 amide bonds. The summed E-state index contributed by atoms with van der Waals surface area (Å²) >= 11 is 6.12. The molecule has 0 heterocycles. The molecule has 0 saturated heterocycles. The zero-order valence-electron chi connectivity index (χ0n) is 13.9. The van der Waals surface area contributed by atoms with Crippen LogP contribution in [0.3, 0.4) is 0 Å². The van der Waals surface area contributed by atoms with Gasteiger partial charge < -0.3 is 9.80 Å². The standard InChI is InChI=1S/C17H25ClN2O2/c1-5-6-10-19(4)17(22)9-11-20(14(3)21)15-8-7-13(2)16(18)12-15/h7-8,12H,5-6,9-11H2,1-4H3. The molecule has 0 radical (unpaired) electrons. The third-order valence-corrected chi connectivity index (χ3v) is 4.08. The molecule has 1 aromatic rings. The molecule has 0 saturated carbocycles. The number of hydrogen-bond donors (Lipinski definition) is 0. The summed E-state index contributed by atoms with van der Waals surface area (Å²) in [5.74, 6) is -0.0400. The molecule has 0 unspecified atom stereocenters. The molecule has 0 fully saturated rings. The van der Waals surface area contributed by atoms with E-state index < -0.39 is 0 Å². The highest BCUT2D eigenvalue weighted by Gasteiger charge is 2.16. The number of anilines is 1. The molecule has 0 aliphatic heterocycles. The van der Waals surface area contributed by atoms with Gasteiger partial charge >= 0.3 is 0 Å². The van der Waals surface area contributed by atoms with Crippen molar-refractivity contribution in [3.8, 4) is 0 Å². The Morgan fingerprint density at radius 1 is 1.23 bits per heavy atom. The minimum absolute atomic E-state index is 0.0536. The zero-order valence-corrected chi connectivity index (χ0v) is 14.6. The van der Waals surface area contributed by atoms with Gasteiger partial charge in [0.2, 0.25) is 11.8 Å². The van der Waals surface area contributed by atoms with Crippen molar-refractivity contribution in [1.29, 1.82) is 0 Å². The fraction of sp³-hybridized carbons (Fsp3) is 0.529. The number of amides is 2. The molecular weight excluding hydrogens is 300 g/mol. The molecule has 0 atom stereocenters. The molecule has 0 N–H and O–H groups in total. The molecule has 0 bridgehead atoms. The van der Waals surface area contributed by atoms with Gasteiger partial charge in [0, 0.05) is 44.2 Å². The van der Waals surface area contributed by atoms with Crippen LogP contribution in [0.2, 0.25) is 5.02 Å². The third-order valence-electron chi connectivity index (χ3n) is 3.67. The second kappa shape index (κ2) is 8.79. The number of rotatable bonds is 7. The molecule has 0 aliphatic carbocycles. The van der Waals surface area contributed by atoms with Gasteiger partial charge in [0.05, 0.1) is 0 Å². The third kappa shape index (κ3) is 5.34. The molecule has 4 nitrogen and oxygen atoms in total. The number of hydrogen-bond acceptors (Lipinski definition) is 2. The van der Waals surface area contributed by atoms with E-state index in [9.17, 15) is 9.59 Å². The summed E-state index contributed by atoms with van der Waals surface area (Å²) in [4.78, 5) is 27.3. The fourth-order valence-corrected chi connectivity index (χ4v) is 2.31. The first-order valence-electron chi connectivity index (χ1n) is 7.65. The second-order valence-electron chi connectivity index (χ2n) is 5.52. The smallest absolute Gasteiger partial charge is 0.224 e. The highest BCUT2D eigenvalue weighted by molar-refractivity contribution is 6.31. The Kier molecular flexibility index (Phi) is 7.39. The highest BCUT2D eigenvalue weighted by atomic mass is 35.5. The van der Waals surface area contributed by atoms with E-state index in [0.29, 0.717) is 18.0 Å². The quantitative estimate of drug-likeness (QED) is 0.768. The first-order chi connectivity index (χ1) is 10.4. The molecule has 0 aromatic heterocycles.